The van der Waals surface area contributed by atoms with Crippen LogP contribution in [0, 0.1) is 52.3 Å². The third kappa shape index (κ3) is 5.49. The minimum atomic E-state index is -1.38. The van der Waals surface area contributed by atoms with E-state index in [1.54, 1.807) is 0 Å². The predicted molar refractivity (Wildman–Crippen MR) is 152 cm³/mol. The van der Waals surface area contributed by atoms with E-state index in [0.29, 0.717) is 16.7 Å². The highest BCUT2D eigenvalue weighted by molar-refractivity contribution is 5.10. The average molecular weight is 551 g/mol. The predicted octanol–water partition coefficient (Wildman–Crippen LogP) is 5.29. The van der Waals surface area contributed by atoms with E-state index in [0.717, 1.165) is 54.8 Å². The maximum Gasteiger partial charge on any atom is 0.186 e. The van der Waals surface area contributed by atoms with Crippen LogP contribution in [0.25, 0.3) is 0 Å². The normalized spacial score (nSPS) is 50.8. The summed E-state index contributed by atoms with van der Waals surface area (Å²) in [6, 6.07) is 0. The van der Waals surface area contributed by atoms with E-state index in [1.807, 2.05) is 0 Å². The quantitative estimate of drug-likeness (QED) is 0.307. The maximum atomic E-state index is 10.5. The van der Waals surface area contributed by atoms with Crippen molar-refractivity contribution in [3.05, 3.63) is 0 Å². The van der Waals surface area contributed by atoms with Crippen molar-refractivity contribution >= 4 is 0 Å². The number of ether oxygens (including phenoxy) is 2. The van der Waals surface area contributed by atoms with Crippen LogP contribution < -0.4 is 0 Å². The fraction of sp³-hybridized carbons (Fsp3) is 1.00. The van der Waals surface area contributed by atoms with Crippen molar-refractivity contribution in [3.63, 3.8) is 0 Å². The van der Waals surface area contributed by atoms with E-state index in [4.69, 9.17) is 9.47 Å². The van der Waals surface area contributed by atoms with Gasteiger partial charge >= 0.3 is 0 Å². The van der Waals surface area contributed by atoms with E-state index in [2.05, 4.69) is 34.6 Å². The molecule has 0 amide bonds. The molecule has 4 aliphatic carbocycles. The van der Waals surface area contributed by atoms with Gasteiger partial charge in [-0.1, -0.05) is 53.9 Å². The second kappa shape index (κ2) is 11.8. The van der Waals surface area contributed by atoms with Gasteiger partial charge in [0.2, 0.25) is 0 Å². The van der Waals surface area contributed by atoms with Gasteiger partial charge in [-0.05, 0) is 110 Å². The molecule has 14 atom stereocenters. The molecule has 4 saturated carbocycles. The molecule has 5 aliphatic rings. The van der Waals surface area contributed by atoms with Gasteiger partial charge in [0.05, 0.1) is 12.7 Å². The lowest BCUT2D eigenvalue weighted by molar-refractivity contribution is -0.316. The van der Waals surface area contributed by atoms with Gasteiger partial charge in [-0.3, -0.25) is 0 Å². The van der Waals surface area contributed by atoms with Gasteiger partial charge in [0.25, 0.3) is 0 Å². The highest BCUT2D eigenvalue weighted by Crippen LogP contribution is 2.68. The van der Waals surface area contributed by atoms with Gasteiger partial charge in [-0.25, -0.2) is 0 Å². The Morgan fingerprint density at radius 1 is 0.821 bits per heavy atom. The van der Waals surface area contributed by atoms with Crippen LogP contribution in [0.1, 0.15) is 112 Å². The Labute approximate surface area is 237 Å². The first kappa shape index (κ1) is 30.2. The van der Waals surface area contributed by atoms with Crippen molar-refractivity contribution in [1.29, 1.82) is 0 Å². The zero-order valence-corrected chi connectivity index (χ0v) is 25.3. The first-order chi connectivity index (χ1) is 18.5. The lowest BCUT2D eigenvalue weighted by Crippen LogP contribution is -2.60. The summed E-state index contributed by atoms with van der Waals surface area (Å²) in [6.45, 7) is 12.1. The maximum absolute atomic E-state index is 10.5. The molecule has 5 unspecified atom stereocenters. The van der Waals surface area contributed by atoms with Gasteiger partial charge in [0.1, 0.15) is 24.4 Å². The van der Waals surface area contributed by atoms with Crippen molar-refractivity contribution in [1.82, 2.24) is 0 Å². The van der Waals surface area contributed by atoms with Crippen LogP contribution in [0.5, 0.6) is 0 Å². The molecule has 0 aromatic carbocycles. The Bertz CT molecular complexity index is 818. The van der Waals surface area contributed by atoms with Crippen LogP contribution in [-0.4, -0.2) is 63.8 Å². The summed E-state index contributed by atoms with van der Waals surface area (Å²) in [6.07, 6.45) is 9.41. The summed E-state index contributed by atoms with van der Waals surface area (Å²) in [5.74, 6) is 5.71. The van der Waals surface area contributed by atoms with Gasteiger partial charge in [0, 0.05) is 0 Å². The van der Waals surface area contributed by atoms with Gasteiger partial charge in [-0.2, -0.15) is 0 Å². The molecule has 6 heteroatoms. The van der Waals surface area contributed by atoms with Gasteiger partial charge in [0.15, 0.2) is 6.29 Å². The number of fused-ring (bicyclic) bond motifs is 5. The number of hydrogen-bond donors (Lipinski definition) is 4. The fourth-order valence-corrected chi connectivity index (χ4v) is 10.7. The lowest BCUT2D eigenvalue weighted by atomic mass is 9.44. The molecule has 5 fully saturated rings. The Hall–Kier alpha value is -0.240. The Morgan fingerprint density at radius 2 is 1.54 bits per heavy atom. The second-order valence-corrected chi connectivity index (χ2v) is 15.4. The van der Waals surface area contributed by atoms with Crippen LogP contribution in [-0.2, 0) is 9.47 Å². The lowest BCUT2D eigenvalue weighted by Gasteiger charge is -2.61. The van der Waals surface area contributed by atoms with Crippen LogP contribution >= 0.6 is 0 Å². The molecule has 0 bridgehead atoms. The molecule has 0 aromatic rings. The molecule has 1 heterocycles. The van der Waals surface area contributed by atoms with Crippen LogP contribution in [0.2, 0.25) is 0 Å². The summed E-state index contributed by atoms with van der Waals surface area (Å²) < 4.78 is 11.9. The van der Waals surface area contributed by atoms with E-state index in [9.17, 15) is 20.4 Å². The van der Waals surface area contributed by atoms with Crippen LogP contribution in [0.15, 0.2) is 0 Å². The van der Waals surface area contributed by atoms with Gasteiger partial charge in [-0.15, -0.1) is 0 Å². The molecule has 0 radical (unpaired) electrons. The molecule has 226 valence electrons. The highest BCUT2D eigenvalue weighted by atomic mass is 16.7. The third-order valence-electron chi connectivity index (χ3n) is 13.0. The molecule has 1 aliphatic heterocycles. The van der Waals surface area contributed by atoms with E-state index in [1.165, 1.54) is 57.8 Å². The highest BCUT2D eigenvalue weighted by Gasteiger charge is 2.61. The van der Waals surface area contributed by atoms with Crippen LogP contribution in [0.4, 0.5) is 0 Å². The van der Waals surface area contributed by atoms with Crippen molar-refractivity contribution in [2.75, 3.05) is 6.61 Å². The zero-order valence-electron chi connectivity index (χ0n) is 25.3. The van der Waals surface area contributed by atoms with Crippen molar-refractivity contribution in [3.8, 4) is 0 Å². The van der Waals surface area contributed by atoms with E-state index < -0.39 is 37.3 Å². The molecule has 6 nitrogen and oxygen atoms in total. The van der Waals surface area contributed by atoms with Crippen molar-refractivity contribution < 1.29 is 29.9 Å². The summed E-state index contributed by atoms with van der Waals surface area (Å²) in [4.78, 5) is 0. The number of rotatable bonds is 8. The molecule has 4 N–H and O–H groups in total. The van der Waals surface area contributed by atoms with Crippen LogP contribution in [0.3, 0.4) is 0 Å². The fourth-order valence-electron chi connectivity index (χ4n) is 10.7. The minimum Gasteiger partial charge on any atom is -0.394 e. The Kier molecular flexibility index (Phi) is 9.14. The monoisotopic (exact) mass is 550 g/mol. The molecule has 39 heavy (non-hydrogen) atoms. The van der Waals surface area contributed by atoms with E-state index in [-0.39, 0.29) is 6.10 Å². The zero-order chi connectivity index (χ0) is 28.1. The summed E-state index contributed by atoms with van der Waals surface area (Å²) in [5.41, 5.74) is 0.867. The second-order valence-electron chi connectivity index (χ2n) is 15.4. The smallest absolute Gasteiger partial charge is 0.186 e. The Morgan fingerprint density at radius 3 is 2.26 bits per heavy atom. The third-order valence-corrected chi connectivity index (χ3v) is 13.0. The molecule has 0 aromatic heterocycles. The first-order valence-corrected chi connectivity index (χ1v) is 16.5. The SMILES string of the molecule is CC(C)CCC[C@@H](C)[C@H]1CCC2C3CCC4CC(O[C@@H]5O[C@H](CO)[C@@H](O)[C@H](O)[C@H]5O)CC[C@]4(C)C3CC[C@@]21C. The molecule has 1 saturated heterocycles. The molecule has 5 rings (SSSR count). The average Bonchev–Trinajstić information content (AvgIpc) is 3.26. The number of hydrogen-bond acceptors (Lipinski definition) is 6. The van der Waals surface area contributed by atoms with Crippen molar-refractivity contribution in [2.45, 2.75) is 148 Å². The minimum absolute atomic E-state index is 0.0301. The van der Waals surface area contributed by atoms with Crippen molar-refractivity contribution in [2.24, 2.45) is 52.3 Å². The van der Waals surface area contributed by atoms with E-state index >= 15 is 0 Å². The molecular weight excluding hydrogens is 492 g/mol. The number of aliphatic hydroxyl groups excluding tert-OH is 4. The Balaban J connectivity index is 1.21. The molecule has 0 spiro atoms. The topological polar surface area (TPSA) is 99.4 Å². The van der Waals surface area contributed by atoms with Gasteiger partial charge < -0.3 is 29.9 Å². The number of aliphatic hydroxyl groups is 4. The first-order valence-electron chi connectivity index (χ1n) is 16.5. The largest absolute Gasteiger partial charge is 0.394 e. The standard InChI is InChI=1S/C33H58O6/c1-19(2)7-6-8-20(3)24-11-12-25-23-10-9-21-17-22(13-15-32(21,4)26(23)14-16-33(24,25)5)38-31-30(37)29(36)28(35)27(18-34)39-31/h19-31,34-37H,6-18H2,1-5H3/t20-,21?,22?,23?,24-,25?,26?,27-,28-,29+,30-,31-,32+,33-/m1/s1. The molecular formula is C33H58O6. The summed E-state index contributed by atoms with van der Waals surface area (Å²) in [5, 5.41) is 40.3. The summed E-state index contributed by atoms with van der Waals surface area (Å²) >= 11 is 0. The summed E-state index contributed by atoms with van der Waals surface area (Å²) in [7, 11) is 0.